The van der Waals surface area contributed by atoms with Gasteiger partial charge in [0.1, 0.15) is 0 Å². The zero-order valence-corrected chi connectivity index (χ0v) is 12.0. The Morgan fingerprint density at radius 1 is 0.857 bits per heavy atom. The predicted octanol–water partition coefficient (Wildman–Crippen LogP) is 0.876. The van der Waals surface area contributed by atoms with E-state index >= 15 is 0 Å². The average molecular weight is 332 g/mol. The van der Waals surface area contributed by atoms with Gasteiger partial charge in [-0.15, -0.1) is 0 Å². The fourth-order valence-corrected chi connectivity index (χ4v) is 7.55. The van der Waals surface area contributed by atoms with E-state index < -0.39 is 20.6 Å². The number of hydrogen-bond acceptors (Lipinski definition) is 2. The van der Waals surface area contributed by atoms with E-state index in [0.29, 0.717) is 0 Å². The molecule has 0 heterocycles. The van der Waals surface area contributed by atoms with Gasteiger partial charge in [0.15, 0.2) is 0 Å². The van der Waals surface area contributed by atoms with Gasteiger partial charge < -0.3 is 0 Å². The maximum atomic E-state index is 10.8. The molecule has 0 aromatic carbocycles. The number of aliphatic carboxylic acids is 2. The van der Waals surface area contributed by atoms with Gasteiger partial charge in [-0.3, -0.25) is 0 Å². The molecule has 0 aromatic heterocycles. The normalized spacial score (nSPS) is 12.6. The van der Waals surface area contributed by atoms with E-state index in [-0.39, 0.29) is 26.3 Å². The van der Waals surface area contributed by atoms with Crippen molar-refractivity contribution in [2.24, 2.45) is 0 Å². The average Bonchev–Trinajstić information content (AvgIpc) is 2.01. The van der Waals surface area contributed by atoms with Crippen LogP contribution in [-0.4, -0.2) is 48.4 Å². The molecular weight excluding hydrogens is 318 g/mol. The van der Waals surface area contributed by atoms with E-state index in [9.17, 15) is 9.59 Å². The van der Waals surface area contributed by atoms with Crippen LogP contribution in [0.3, 0.4) is 0 Å². The summed E-state index contributed by atoms with van der Waals surface area (Å²) < 4.78 is -1.53. The van der Waals surface area contributed by atoms with Crippen molar-refractivity contribution in [1.82, 2.24) is 0 Å². The second-order valence-electron chi connectivity index (χ2n) is 3.80. The van der Waals surface area contributed by atoms with Crippen molar-refractivity contribution in [3.8, 4) is 0 Å². The SMILES string of the molecule is CC(C)([Se][Se]C(C)(C)C(=O)O)C(=O)O. The molecule has 0 fully saturated rings. The monoisotopic (exact) mass is 334 g/mol. The molecule has 0 spiro atoms. The van der Waals surface area contributed by atoms with E-state index in [2.05, 4.69) is 0 Å². The van der Waals surface area contributed by atoms with Gasteiger partial charge in [-0.2, -0.15) is 0 Å². The van der Waals surface area contributed by atoms with Crippen LogP contribution in [0.5, 0.6) is 0 Å². The van der Waals surface area contributed by atoms with Gasteiger partial charge in [-0.1, -0.05) is 0 Å². The van der Waals surface area contributed by atoms with Gasteiger partial charge in [-0.05, 0) is 0 Å². The summed E-state index contributed by atoms with van der Waals surface area (Å²) in [5.41, 5.74) is 0. The molecular formula is C8H14O4Se2. The van der Waals surface area contributed by atoms with Gasteiger partial charge in [0.25, 0.3) is 0 Å². The molecule has 0 rings (SSSR count). The van der Waals surface area contributed by atoms with Crippen molar-refractivity contribution in [2.45, 2.75) is 36.3 Å². The first kappa shape index (κ1) is 14.0. The minimum absolute atomic E-state index is 0.159. The number of carbonyl (C=O) groups is 2. The fourth-order valence-electron chi connectivity index (χ4n) is 0.280. The first-order valence-corrected chi connectivity index (χ1v) is 9.98. The van der Waals surface area contributed by atoms with Crippen LogP contribution in [0, 0.1) is 0 Å². The molecule has 2 N–H and O–H groups in total. The topological polar surface area (TPSA) is 74.6 Å². The Hall–Kier alpha value is -0.0210. The maximum absolute atomic E-state index is 10.8. The molecule has 82 valence electrons. The third kappa shape index (κ3) is 4.01. The molecule has 0 aromatic rings. The van der Waals surface area contributed by atoms with Crippen molar-refractivity contribution in [1.29, 1.82) is 0 Å². The number of carboxylic acid groups (broad SMARTS) is 2. The van der Waals surface area contributed by atoms with Gasteiger partial charge >= 0.3 is 94.3 Å². The Labute approximate surface area is 94.3 Å². The van der Waals surface area contributed by atoms with Crippen molar-refractivity contribution >= 4 is 38.2 Å². The molecule has 0 saturated heterocycles. The van der Waals surface area contributed by atoms with E-state index in [1.54, 1.807) is 27.7 Å². The molecule has 0 saturated carbocycles. The van der Waals surface area contributed by atoms with Crippen molar-refractivity contribution in [3.05, 3.63) is 0 Å². The molecule has 0 amide bonds. The Balaban J connectivity index is 4.32. The van der Waals surface area contributed by atoms with E-state index in [0.717, 1.165) is 0 Å². The van der Waals surface area contributed by atoms with Crippen molar-refractivity contribution in [3.63, 3.8) is 0 Å². The van der Waals surface area contributed by atoms with Crippen LogP contribution in [0.2, 0.25) is 8.63 Å². The second kappa shape index (κ2) is 4.67. The van der Waals surface area contributed by atoms with Gasteiger partial charge in [-0.25, -0.2) is 0 Å². The van der Waals surface area contributed by atoms with Crippen LogP contribution in [0.1, 0.15) is 27.7 Å². The van der Waals surface area contributed by atoms with E-state index in [1.807, 2.05) is 0 Å². The third-order valence-corrected chi connectivity index (χ3v) is 14.1. The molecule has 0 radical (unpaired) electrons. The Bertz CT molecular complexity index is 222. The summed E-state index contributed by atoms with van der Waals surface area (Å²) in [6, 6.07) is 0. The van der Waals surface area contributed by atoms with E-state index in [1.165, 1.54) is 0 Å². The summed E-state index contributed by atoms with van der Waals surface area (Å²) in [7, 11) is 0. The predicted molar refractivity (Wildman–Crippen MR) is 54.9 cm³/mol. The van der Waals surface area contributed by atoms with Crippen molar-refractivity contribution in [2.75, 3.05) is 0 Å². The molecule has 0 bridgehead atoms. The van der Waals surface area contributed by atoms with Gasteiger partial charge in [0.05, 0.1) is 0 Å². The first-order valence-electron chi connectivity index (χ1n) is 3.93. The summed E-state index contributed by atoms with van der Waals surface area (Å²) >= 11 is -0.318. The molecule has 0 aliphatic carbocycles. The fraction of sp³-hybridized carbons (Fsp3) is 0.750. The molecule has 14 heavy (non-hydrogen) atoms. The molecule has 0 aliphatic heterocycles. The van der Waals surface area contributed by atoms with E-state index in [4.69, 9.17) is 10.2 Å². The standard InChI is InChI=1S/C8H14O4Se2/c1-7(2,5(9)10)13-14-8(3,4)6(11)12/h1-4H3,(H,9,10)(H,11,12). The van der Waals surface area contributed by atoms with Crippen LogP contribution in [0.4, 0.5) is 0 Å². The van der Waals surface area contributed by atoms with Crippen LogP contribution in [-0.2, 0) is 9.59 Å². The van der Waals surface area contributed by atoms with Crippen LogP contribution >= 0.6 is 0 Å². The number of rotatable bonds is 5. The van der Waals surface area contributed by atoms with Crippen molar-refractivity contribution < 1.29 is 19.8 Å². The molecule has 0 aliphatic rings. The molecule has 0 unspecified atom stereocenters. The summed E-state index contributed by atoms with van der Waals surface area (Å²) in [5.74, 6) is -1.69. The Morgan fingerprint density at radius 3 is 1.21 bits per heavy atom. The zero-order chi connectivity index (χ0) is 11.6. The quantitative estimate of drug-likeness (QED) is 0.733. The third-order valence-electron chi connectivity index (χ3n) is 1.49. The first-order chi connectivity index (χ1) is 6.09. The summed E-state index contributed by atoms with van der Waals surface area (Å²) in [5, 5.41) is 17.7. The summed E-state index contributed by atoms with van der Waals surface area (Å²) in [6.45, 7) is 6.59. The second-order valence-corrected chi connectivity index (χ2v) is 12.4. The summed E-state index contributed by atoms with van der Waals surface area (Å²) in [6.07, 6.45) is 0. The molecule has 6 heteroatoms. The Morgan fingerprint density at radius 2 is 1.07 bits per heavy atom. The molecule has 0 atom stereocenters. The van der Waals surface area contributed by atoms with Gasteiger partial charge in [0.2, 0.25) is 0 Å². The zero-order valence-electron chi connectivity index (χ0n) is 8.53. The van der Waals surface area contributed by atoms with Crippen LogP contribution < -0.4 is 0 Å². The molecule has 4 nitrogen and oxygen atoms in total. The van der Waals surface area contributed by atoms with Crippen LogP contribution in [0.25, 0.3) is 0 Å². The van der Waals surface area contributed by atoms with Gasteiger partial charge in [0, 0.05) is 0 Å². The Kier molecular flexibility index (Phi) is 4.66. The summed E-state index contributed by atoms with van der Waals surface area (Å²) in [4.78, 5) is 21.6. The van der Waals surface area contributed by atoms with Crippen LogP contribution in [0.15, 0.2) is 0 Å². The number of carboxylic acids is 2. The minimum atomic E-state index is -0.847. The number of hydrogen-bond donors (Lipinski definition) is 2.